The molecule has 1 atom stereocenters. The molecule has 2 rings (SSSR count). The molecule has 2 nitrogen and oxygen atoms in total. The van der Waals surface area contributed by atoms with Gasteiger partial charge in [-0.3, -0.25) is 0 Å². The van der Waals surface area contributed by atoms with Gasteiger partial charge in [-0.1, -0.05) is 4.57 Å². The number of nitrogens with zero attached hydrogens (tertiary/aromatic N) is 1. The van der Waals surface area contributed by atoms with E-state index in [1.54, 1.807) is 12.3 Å². The van der Waals surface area contributed by atoms with Gasteiger partial charge in [0.05, 0.1) is 0 Å². The predicted molar refractivity (Wildman–Crippen MR) is 31.7 cm³/mol. The molecule has 0 N–H and O–H groups in total. The Balaban J connectivity index is 3.03. The van der Waals surface area contributed by atoms with E-state index in [1.807, 2.05) is 6.07 Å². The Morgan fingerprint density at radius 3 is 3.00 bits per heavy atom. The van der Waals surface area contributed by atoms with Gasteiger partial charge in [-0.05, 0) is 6.07 Å². The highest BCUT2D eigenvalue weighted by Gasteiger charge is 2.29. The van der Waals surface area contributed by atoms with E-state index >= 15 is 0 Å². The zero-order chi connectivity index (χ0) is 5.56. The summed E-state index contributed by atoms with van der Waals surface area (Å²) in [5.41, 5.74) is 0. The fraction of sp³-hybridized carbons (Fsp3) is 0. The molecule has 0 aliphatic carbocycles. The average Bonchev–Trinajstić information content (AvgIpc) is 2.46. The molecule has 0 aliphatic rings. The van der Waals surface area contributed by atoms with Crippen LogP contribution in [0.1, 0.15) is 0 Å². The highest BCUT2D eigenvalue weighted by molar-refractivity contribution is 7.58. The highest BCUT2D eigenvalue weighted by Crippen LogP contribution is 2.42. The maximum Gasteiger partial charge on any atom is 0.447 e. The molecular weight excluding hydrogens is 121 g/mol. The largest absolute Gasteiger partial charge is 0.447 e. The second kappa shape index (κ2) is 1.15. The van der Waals surface area contributed by atoms with Gasteiger partial charge in [-0.15, -0.1) is 0 Å². The molecule has 38 valence electrons. The lowest BCUT2D eigenvalue weighted by Gasteiger charge is -1.59. The lowest BCUT2D eigenvalue weighted by Crippen LogP contribution is -1.55. The maximum absolute atomic E-state index is 10.6. The van der Waals surface area contributed by atoms with Crippen LogP contribution in [0.2, 0.25) is 0 Å². The van der Waals surface area contributed by atoms with Gasteiger partial charge >= 0.3 is 12.7 Å². The first kappa shape index (κ1) is 4.16. The highest BCUT2D eigenvalue weighted by atomic mass is 31.1. The van der Waals surface area contributed by atoms with E-state index in [0.29, 0.717) is 0 Å². The topological polar surface area (TPSA) is 30.0 Å². The standard InChI is InChI=1S/C5H3NOP/c7-8-4-2-1-3-6-5(4)8/h1-3H/q+1. The maximum atomic E-state index is 10.6. The fourth-order valence-electron chi connectivity index (χ4n) is 0.662. The van der Waals surface area contributed by atoms with Crippen molar-refractivity contribution < 1.29 is 4.57 Å². The predicted octanol–water partition coefficient (Wildman–Crippen LogP) is 1.85. The zero-order valence-electron chi connectivity index (χ0n) is 4.03. The summed E-state index contributed by atoms with van der Waals surface area (Å²) in [4.78, 5) is 3.87. The van der Waals surface area contributed by atoms with Crippen LogP contribution in [0.5, 0.6) is 0 Å². The number of pyridine rings is 1. The normalized spacial score (nSPS) is 13.2. The SMILES string of the molecule is O=[p+]1c2cccnc21. The van der Waals surface area contributed by atoms with Gasteiger partial charge in [0, 0.05) is 12.3 Å². The number of rotatable bonds is 0. The van der Waals surface area contributed by atoms with Crippen molar-refractivity contribution >= 4 is 17.8 Å². The molecule has 0 bridgehead atoms. The fourth-order valence-corrected chi connectivity index (χ4v) is 1.62. The summed E-state index contributed by atoms with van der Waals surface area (Å²) >= 11 is 0. The molecule has 2 aromatic rings. The molecule has 2 heterocycles. The van der Waals surface area contributed by atoms with Crippen LogP contribution in [0.15, 0.2) is 18.3 Å². The van der Waals surface area contributed by atoms with Crippen molar-refractivity contribution in [1.82, 2.24) is 4.98 Å². The number of hydrogen-bond acceptors (Lipinski definition) is 2. The van der Waals surface area contributed by atoms with Gasteiger partial charge in [0.25, 0.3) is 5.12 Å². The van der Waals surface area contributed by atoms with E-state index in [0.717, 1.165) is 10.4 Å². The van der Waals surface area contributed by atoms with E-state index in [-0.39, 0.29) is 0 Å². The third kappa shape index (κ3) is 0.359. The molecule has 1 unspecified atom stereocenters. The van der Waals surface area contributed by atoms with Crippen molar-refractivity contribution in [2.24, 2.45) is 0 Å². The lowest BCUT2D eigenvalue weighted by molar-refractivity contribution is 0.603. The Kier molecular flexibility index (Phi) is 0.597. The molecule has 0 fully saturated rings. The molecular formula is C5H3NOP+. The van der Waals surface area contributed by atoms with Crippen LogP contribution in [0.25, 0.3) is 10.4 Å². The minimum absolute atomic E-state index is 0.794. The van der Waals surface area contributed by atoms with E-state index in [2.05, 4.69) is 4.98 Å². The summed E-state index contributed by atoms with van der Waals surface area (Å²) in [6.07, 6.45) is 1.67. The molecule has 0 saturated carbocycles. The Hall–Kier alpha value is -0.750. The first-order chi connectivity index (χ1) is 3.89. The number of aromatic nitrogens is 1. The lowest BCUT2D eigenvalue weighted by atomic mass is 10.5. The van der Waals surface area contributed by atoms with Crippen molar-refractivity contribution in [3.05, 3.63) is 18.3 Å². The number of hydrogen-bond donors (Lipinski definition) is 0. The van der Waals surface area contributed by atoms with Crippen molar-refractivity contribution in [2.75, 3.05) is 0 Å². The molecule has 0 saturated heterocycles. The van der Waals surface area contributed by atoms with Gasteiger partial charge < -0.3 is 0 Å². The monoisotopic (exact) mass is 124 g/mol. The molecule has 0 spiro atoms. The van der Waals surface area contributed by atoms with Gasteiger partial charge in [0.2, 0.25) is 0 Å². The smallest absolute Gasteiger partial charge is 0.208 e. The van der Waals surface area contributed by atoms with Crippen LogP contribution in [0.4, 0.5) is 0 Å². The van der Waals surface area contributed by atoms with Crippen molar-refractivity contribution in [2.45, 2.75) is 0 Å². The van der Waals surface area contributed by atoms with Crippen LogP contribution in [-0.4, -0.2) is 4.98 Å². The van der Waals surface area contributed by atoms with Crippen molar-refractivity contribution in [3.8, 4) is 0 Å². The molecule has 0 aromatic carbocycles. The number of fused-ring (bicyclic) bond motifs is 1. The quantitative estimate of drug-likeness (QED) is 0.536. The Morgan fingerprint density at radius 1 is 1.62 bits per heavy atom. The van der Waals surface area contributed by atoms with Crippen LogP contribution in [0, 0.1) is 0 Å². The summed E-state index contributed by atoms with van der Waals surface area (Å²) in [7, 11) is -1.14. The summed E-state index contributed by atoms with van der Waals surface area (Å²) in [5, 5.41) is 1.73. The molecule has 0 aliphatic heterocycles. The van der Waals surface area contributed by atoms with Crippen molar-refractivity contribution in [1.29, 1.82) is 0 Å². The Bertz CT molecular complexity index is 303. The van der Waals surface area contributed by atoms with Crippen LogP contribution in [0.3, 0.4) is 0 Å². The molecule has 0 radical (unpaired) electrons. The van der Waals surface area contributed by atoms with Crippen molar-refractivity contribution in [3.63, 3.8) is 0 Å². The first-order valence-electron chi connectivity index (χ1n) is 2.32. The van der Waals surface area contributed by atoms with E-state index in [4.69, 9.17) is 0 Å². The molecule has 2 aromatic heterocycles. The summed E-state index contributed by atoms with van der Waals surface area (Å²) in [6, 6.07) is 3.65. The van der Waals surface area contributed by atoms with Gasteiger partial charge in [0.1, 0.15) is 0 Å². The van der Waals surface area contributed by atoms with E-state index in [1.165, 1.54) is 0 Å². The van der Waals surface area contributed by atoms with Crippen LogP contribution in [-0.2, 0) is 4.57 Å². The van der Waals surface area contributed by atoms with Crippen LogP contribution < -0.4 is 0 Å². The molecule has 8 heavy (non-hydrogen) atoms. The van der Waals surface area contributed by atoms with Gasteiger partial charge in [0.15, 0.2) is 0 Å². The summed E-state index contributed by atoms with van der Waals surface area (Å²) < 4.78 is 10.6. The third-order valence-electron chi connectivity index (χ3n) is 1.13. The Labute approximate surface area is 46.6 Å². The second-order valence-corrected chi connectivity index (χ2v) is 3.13. The van der Waals surface area contributed by atoms with Gasteiger partial charge in [-0.2, -0.15) is 0 Å². The summed E-state index contributed by atoms with van der Waals surface area (Å²) in [5.74, 6) is 0. The van der Waals surface area contributed by atoms with E-state index in [9.17, 15) is 4.57 Å². The minimum atomic E-state index is -1.14. The van der Waals surface area contributed by atoms with Crippen LogP contribution >= 0.6 is 7.41 Å². The van der Waals surface area contributed by atoms with E-state index < -0.39 is 7.41 Å². The Morgan fingerprint density at radius 2 is 2.50 bits per heavy atom. The first-order valence-corrected chi connectivity index (χ1v) is 3.58. The minimum Gasteiger partial charge on any atom is -0.208 e. The average molecular weight is 124 g/mol. The second-order valence-electron chi connectivity index (χ2n) is 1.64. The molecule has 0 amide bonds. The zero-order valence-corrected chi connectivity index (χ0v) is 4.93. The summed E-state index contributed by atoms with van der Waals surface area (Å²) in [6.45, 7) is 0. The van der Waals surface area contributed by atoms with Gasteiger partial charge in [-0.25, -0.2) is 4.98 Å². The third-order valence-corrected chi connectivity index (χ3v) is 2.44. The molecule has 3 heteroatoms.